The minimum absolute atomic E-state index is 0.325. The number of fused-ring (bicyclic) bond motifs is 1. The molecule has 3 aromatic carbocycles. The molecule has 3 aromatic rings. The standard InChI is InChI=1S/C20H18F3NO.C2H2O4/c21-20(22,23)16-8-3-7-15(13-16)18(24)11-12-25-19-10-4-6-14-5-1-2-9-17(14)19;3-1(4)2(5)6/h1-10,13,18H,11-12,24H2;(H,3,4)(H,5,6). The van der Waals surface area contributed by atoms with Gasteiger partial charge in [-0.25, -0.2) is 9.59 Å². The smallest absolute Gasteiger partial charge is 0.416 e. The van der Waals surface area contributed by atoms with Crippen LogP contribution in [0.25, 0.3) is 10.8 Å². The first-order chi connectivity index (χ1) is 14.6. The first-order valence-electron chi connectivity index (χ1n) is 9.09. The number of rotatable bonds is 5. The molecule has 1 unspecified atom stereocenters. The number of carbonyl (C=O) groups is 2. The van der Waals surface area contributed by atoms with Gasteiger partial charge < -0.3 is 20.7 Å². The molecule has 0 amide bonds. The van der Waals surface area contributed by atoms with Gasteiger partial charge in [-0.3, -0.25) is 0 Å². The molecular formula is C22H20F3NO5. The zero-order valence-corrected chi connectivity index (χ0v) is 16.2. The van der Waals surface area contributed by atoms with Crippen LogP contribution in [0.5, 0.6) is 5.75 Å². The lowest BCUT2D eigenvalue weighted by Gasteiger charge is -2.15. The van der Waals surface area contributed by atoms with Crippen LogP contribution >= 0.6 is 0 Å². The summed E-state index contributed by atoms with van der Waals surface area (Å²) in [6.07, 6.45) is -3.94. The second-order valence-electron chi connectivity index (χ2n) is 6.45. The van der Waals surface area contributed by atoms with Gasteiger partial charge in [0.1, 0.15) is 5.75 Å². The van der Waals surface area contributed by atoms with Gasteiger partial charge in [0, 0.05) is 17.8 Å². The third-order valence-corrected chi connectivity index (χ3v) is 4.26. The summed E-state index contributed by atoms with van der Waals surface area (Å²) in [5.74, 6) is -2.90. The Bertz CT molecular complexity index is 1040. The van der Waals surface area contributed by atoms with Gasteiger partial charge in [-0.05, 0) is 29.1 Å². The van der Waals surface area contributed by atoms with Crippen LogP contribution in [-0.4, -0.2) is 28.8 Å². The molecule has 164 valence electrons. The highest BCUT2D eigenvalue weighted by Gasteiger charge is 2.30. The van der Waals surface area contributed by atoms with E-state index in [-0.39, 0.29) is 0 Å². The molecule has 6 nitrogen and oxygen atoms in total. The highest BCUT2D eigenvalue weighted by Crippen LogP contribution is 2.31. The Hall–Kier alpha value is -3.59. The zero-order valence-electron chi connectivity index (χ0n) is 16.2. The predicted molar refractivity (Wildman–Crippen MR) is 108 cm³/mol. The van der Waals surface area contributed by atoms with Gasteiger partial charge in [0.05, 0.1) is 12.2 Å². The molecule has 0 aliphatic heterocycles. The van der Waals surface area contributed by atoms with Gasteiger partial charge in [0.25, 0.3) is 0 Å². The third kappa shape index (κ3) is 7.00. The molecule has 9 heteroatoms. The summed E-state index contributed by atoms with van der Waals surface area (Å²) in [6, 6.07) is 18.2. The fourth-order valence-corrected chi connectivity index (χ4v) is 2.73. The average molecular weight is 435 g/mol. The molecule has 0 fully saturated rings. The number of aliphatic carboxylic acids is 2. The number of benzene rings is 3. The number of alkyl halides is 3. The van der Waals surface area contributed by atoms with Crippen LogP contribution in [0.2, 0.25) is 0 Å². The monoisotopic (exact) mass is 435 g/mol. The lowest BCUT2D eigenvalue weighted by atomic mass is 10.0. The Kier molecular flexibility index (Phi) is 7.98. The highest BCUT2D eigenvalue weighted by molar-refractivity contribution is 6.27. The molecule has 4 N–H and O–H groups in total. The second-order valence-corrected chi connectivity index (χ2v) is 6.45. The van der Waals surface area contributed by atoms with Crippen molar-refractivity contribution < 1.29 is 37.7 Å². The Labute approximate surface area is 175 Å². The van der Waals surface area contributed by atoms with Crippen molar-refractivity contribution in [2.24, 2.45) is 5.73 Å². The van der Waals surface area contributed by atoms with Gasteiger partial charge in [-0.2, -0.15) is 13.2 Å². The van der Waals surface area contributed by atoms with E-state index in [1.54, 1.807) is 6.07 Å². The van der Waals surface area contributed by atoms with Crippen molar-refractivity contribution in [2.45, 2.75) is 18.6 Å². The molecule has 0 aliphatic carbocycles. The Morgan fingerprint density at radius 1 is 0.935 bits per heavy atom. The summed E-state index contributed by atoms with van der Waals surface area (Å²) in [4.78, 5) is 18.2. The molecule has 0 heterocycles. The minimum Gasteiger partial charge on any atom is -0.493 e. The van der Waals surface area contributed by atoms with Crippen LogP contribution in [0, 0.1) is 0 Å². The maximum Gasteiger partial charge on any atom is 0.416 e. The molecule has 0 aromatic heterocycles. The van der Waals surface area contributed by atoms with E-state index in [9.17, 15) is 13.2 Å². The predicted octanol–water partition coefficient (Wildman–Crippen LogP) is 4.48. The maximum atomic E-state index is 12.8. The van der Waals surface area contributed by atoms with Crippen molar-refractivity contribution in [3.8, 4) is 5.75 Å². The number of carboxylic acid groups (broad SMARTS) is 2. The lowest BCUT2D eigenvalue weighted by molar-refractivity contribution is -0.159. The van der Waals surface area contributed by atoms with Crippen LogP contribution in [0.15, 0.2) is 66.7 Å². The number of nitrogens with two attached hydrogens (primary N) is 1. The minimum atomic E-state index is -4.37. The van der Waals surface area contributed by atoms with E-state index in [1.807, 2.05) is 42.5 Å². The fourth-order valence-electron chi connectivity index (χ4n) is 2.73. The summed E-state index contributed by atoms with van der Waals surface area (Å²) in [5.41, 5.74) is 5.81. The van der Waals surface area contributed by atoms with Crippen molar-refractivity contribution >= 4 is 22.7 Å². The molecule has 0 saturated heterocycles. The Balaban J connectivity index is 0.000000501. The van der Waals surface area contributed by atoms with Crippen LogP contribution in [0.4, 0.5) is 13.2 Å². The third-order valence-electron chi connectivity index (χ3n) is 4.26. The zero-order chi connectivity index (χ0) is 23.0. The summed E-state index contributed by atoms with van der Waals surface area (Å²) < 4.78 is 44.2. The summed E-state index contributed by atoms with van der Waals surface area (Å²) >= 11 is 0. The molecular weight excluding hydrogens is 415 g/mol. The van der Waals surface area contributed by atoms with Crippen molar-refractivity contribution in [3.63, 3.8) is 0 Å². The summed E-state index contributed by atoms with van der Waals surface area (Å²) in [5, 5.41) is 16.9. The average Bonchev–Trinajstić information content (AvgIpc) is 2.73. The molecule has 31 heavy (non-hydrogen) atoms. The largest absolute Gasteiger partial charge is 0.493 e. The molecule has 0 bridgehead atoms. The van der Waals surface area contributed by atoms with Crippen LogP contribution in [0.1, 0.15) is 23.6 Å². The molecule has 0 saturated carbocycles. The first-order valence-corrected chi connectivity index (χ1v) is 9.09. The second kappa shape index (κ2) is 10.4. The number of carboxylic acids is 2. The van der Waals surface area contributed by atoms with E-state index in [1.165, 1.54) is 6.07 Å². The van der Waals surface area contributed by atoms with E-state index < -0.39 is 29.7 Å². The van der Waals surface area contributed by atoms with Crippen molar-refractivity contribution in [2.75, 3.05) is 6.61 Å². The fraction of sp³-hybridized carbons (Fsp3) is 0.182. The Morgan fingerprint density at radius 3 is 2.19 bits per heavy atom. The van der Waals surface area contributed by atoms with Gasteiger partial charge in [-0.1, -0.05) is 48.5 Å². The van der Waals surface area contributed by atoms with Crippen molar-refractivity contribution in [3.05, 3.63) is 77.9 Å². The highest BCUT2D eigenvalue weighted by atomic mass is 19.4. The van der Waals surface area contributed by atoms with Crippen LogP contribution in [-0.2, 0) is 15.8 Å². The first kappa shape index (κ1) is 23.7. The molecule has 3 rings (SSSR count). The van der Waals surface area contributed by atoms with Gasteiger partial charge >= 0.3 is 18.1 Å². The van der Waals surface area contributed by atoms with Gasteiger partial charge in [0.2, 0.25) is 0 Å². The van der Waals surface area contributed by atoms with E-state index in [4.69, 9.17) is 30.3 Å². The summed E-state index contributed by atoms with van der Waals surface area (Å²) in [7, 11) is 0. The quantitative estimate of drug-likeness (QED) is 0.510. The Morgan fingerprint density at radius 2 is 1.55 bits per heavy atom. The molecule has 0 radical (unpaired) electrons. The van der Waals surface area contributed by atoms with E-state index in [0.717, 1.165) is 28.7 Å². The van der Waals surface area contributed by atoms with E-state index in [2.05, 4.69) is 0 Å². The van der Waals surface area contributed by atoms with Crippen molar-refractivity contribution in [1.82, 2.24) is 0 Å². The number of halogens is 3. The number of hydrogen-bond donors (Lipinski definition) is 3. The van der Waals surface area contributed by atoms with Gasteiger partial charge in [-0.15, -0.1) is 0 Å². The van der Waals surface area contributed by atoms with E-state index >= 15 is 0 Å². The van der Waals surface area contributed by atoms with Crippen LogP contribution in [0.3, 0.4) is 0 Å². The van der Waals surface area contributed by atoms with Crippen LogP contribution < -0.4 is 10.5 Å². The molecule has 1 atom stereocenters. The summed E-state index contributed by atoms with van der Waals surface area (Å²) in [6.45, 7) is 0.325. The number of ether oxygens (including phenoxy) is 1. The van der Waals surface area contributed by atoms with E-state index in [0.29, 0.717) is 18.6 Å². The van der Waals surface area contributed by atoms with Crippen molar-refractivity contribution in [1.29, 1.82) is 0 Å². The van der Waals surface area contributed by atoms with Gasteiger partial charge in [0.15, 0.2) is 0 Å². The topological polar surface area (TPSA) is 110 Å². The maximum absolute atomic E-state index is 12.8. The molecule has 0 spiro atoms. The SMILES string of the molecule is NC(CCOc1cccc2ccccc12)c1cccc(C(F)(F)F)c1.O=C(O)C(=O)O. The number of hydrogen-bond acceptors (Lipinski definition) is 4. The lowest BCUT2D eigenvalue weighted by Crippen LogP contribution is -2.15. The normalized spacial score (nSPS) is 11.9. The molecule has 0 aliphatic rings.